The van der Waals surface area contributed by atoms with Gasteiger partial charge in [-0.25, -0.2) is 0 Å². The molecule has 0 radical (unpaired) electrons. The highest BCUT2D eigenvalue weighted by Crippen LogP contribution is 2.42. The summed E-state index contributed by atoms with van der Waals surface area (Å²) in [5, 5.41) is 0. The van der Waals surface area contributed by atoms with Gasteiger partial charge in [0.25, 0.3) is 0 Å². The van der Waals surface area contributed by atoms with Crippen LogP contribution < -0.4 is 57.3 Å². The minimum Gasteiger partial charge on any atom is -0.397 e. The molecule has 30 nitrogen and oxygen atoms in total. The fourth-order valence-corrected chi connectivity index (χ4v) is 56.1. The van der Waals surface area contributed by atoms with Crippen LogP contribution in [-0.2, 0) is 85.7 Å². The molecular formula is C52H136N10O20Si10. The molecule has 0 heterocycles. The molecular weight excluding hydrogens is 1370 g/mol. The highest BCUT2D eigenvalue weighted by Gasteiger charge is 2.68. The topological polar surface area (TPSA) is 445 Å². The Balaban J connectivity index is 9.51. The van der Waals surface area contributed by atoms with E-state index in [9.17, 15) is 0 Å². The van der Waals surface area contributed by atoms with Gasteiger partial charge in [0.05, 0.1) is 0 Å². The zero-order valence-electron chi connectivity index (χ0n) is 59.0. The van der Waals surface area contributed by atoms with Crippen molar-refractivity contribution in [1.29, 1.82) is 0 Å². The molecule has 0 bridgehead atoms. The molecule has 0 spiro atoms. The SMILES string of the molecule is CCO[SiH](CCCN)O[Si](CCCN)(OCC)O[Si](CCCN)(OCC)O[Si](CCCN)(OCC)O[Si](CCCN)(OCC)O[Si](CCCN)(OCC)O[Si](CCCN)(OCC)O[Si](CCCN)(OCC)O[Si](CCCN)(OCC)O[Si](CCCN)(OCC)OCC. The van der Waals surface area contributed by atoms with E-state index in [1.807, 2.05) is 76.2 Å². The average molecular weight is 1500 g/mol. The van der Waals surface area contributed by atoms with Gasteiger partial charge in [-0.1, -0.05) is 0 Å². The molecule has 0 amide bonds. The Morgan fingerprint density at radius 2 is 0.370 bits per heavy atom. The number of hydrogen-bond donors (Lipinski definition) is 10. The summed E-state index contributed by atoms with van der Waals surface area (Å²) < 4.78 is 144. The van der Waals surface area contributed by atoms with E-state index in [1.54, 1.807) is 0 Å². The van der Waals surface area contributed by atoms with E-state index in [2.05, 4.69) is 0 Å². The number of hydrogen-bond acceptors (Lipinski definition) is 30. The molecule has 0 aromatic rings. The summed E-state index contributed by atoms with van der Waals surface area (Å²) >= 11 is 0. The third-order valence-electron chi connectivity index (χ3n) is 13.6. The van der Waals surface area contributed by atoms with Crippen LogP contribution in [-0.4, -0.2) is 227 Å². The van der Waals surface area contributed by atoms with Crippen LogP contribution in [0.3, 0.4) is 0 Å². The molecule has 20 N–H and O–H groups in total. The van der Waals surface area contributed by atoms with Crippen molar-refractivity contribution < 1.29 is 85.7 Å². The van der Waals surface area contributed by atoms with Gasteiger partial charge in [-0.3, -0.25) is 0 Å². The summed E-state index contributed by atoms with van der Waals surface area (Å²) in [7, 11) is -40.2. The van der Waals surface area contributed by atoms with Gasteiger partial charge in [-0.15, -0.1) is 0 Å². The van der Waals surface area contributed by atoms with Crippen molar-refractivity contribution in [3.8, 4) is 0 Å². The Labute approximate surface area is 567 Å². The number of rotatable bonds is 70. The highest BCUT2D eigenvalue weighted by atomic mass is 28.6. The van der Waals surface area contributed by atoms with E-state index < -0.39 is 88.5 Å². The Morgan fingerprint density at radius 1 is 0.207 bits per heavy atom. The third-order valence-corrected chi connectivity index (χ3v) is 53.6. The molecule has 0 aliphatic heterocycles. The van der Waals surface area contributed by atoms with Crippen molar-refractivity contribution in [2.75, 3.05) is 138 Å². The molecule has 0 aliphatic carbocycles. The maximum Gasteiger partial charge on any atom is 0.493 e. The van der Waals surface area contributed by atoms with Gasteiger partial charge in [-0.05, 0) is 212 Å². The summed E-state index contributed by atoms with van der Waals surface area (Å²) in [6.45, 7) is 25.8. The lowest BCUT2D eigenvalue weighted by Crippen LogP contribution is -2.71. The second kappa shape index (κ2) is 53.8. The zero-order chi connectivity index (χ0) is 69.2. The fraction of sp³-hybridized carbons (Fsp3) is 1.00. The second-order valence-corrected chi connectivity index (χ2v) is 50.2. The van der Waals surface area contributed by atoms with Gasteiger partial charge in [0.2, 0.25) is 0 Å². The molecule has 92 heavy (non-hydrogen) atoms. The largest absolute Gasteiger partial charge is 0.493 e. The van der Waals surface area contributed by atoms with Crippen molar-refractivity contribution in [3.63, 3.8) is 0 Å². The van der Waals surface area contributed by atoms with E-state index in [0.29, 0.717) is 128 Å². The van der Waals surface area contributed by atoms with Crippen LogP contribution in [0.5, 0.6) is 0 Å². The Bertz CT molecular complexity index is 1770. The monoisotopic (exact) mass is 1500 g/mol. The minimum absolute atomic E-state index is 0.0996. The Morgan fingerprint density at radius 3 is 0.565 bits per heavy atom. The van der Waals surface area contributed by atoms with Crippen molar-refractivity contribution >= 4 is 88.5 Å². The van der Waals surface area contributed by atoms with Crippen LogP contribution in [0, 0.1) is 0 Å². The predicted octanol–water partition coefficient (Wildman–Crippen LogP) is 3.70. The van der Waals surface area contributed by atoms with Gasteiger partial charge in [0, 0.05) is 127 Å². The average Bonchev–Trinajstić information content (AvgIpc) is 0.785. The predicted molar refractivity (Wildman–Crippen MR) is 381 cm³/mol. The van der Waals surface area contributed by atoms with Gasteiger partial charge in [0.1, 0.15) is 0 Å². The van der Waals surface area contributed by atoms with Crippen LogP contribution in [0.1, 0.15) is 140 Å². The third kappa shape index (κ3) is 34.6. The quantitative estimate of drug-likeness (QED) is 0.0388. The Kier molecular flexibility index (Phi) is 54.3. The van der Waals surface area contributed by atoms with E-state index in [0.717, 1.165) is 0 Å². The molecule has 9 unspecified atom stereocenters. The summed E-state index contributed by atoms with van der Waals surface area (Å²) in [6.07, 6.45) is 4.49. The van der Waals surface area contributed by atoms with Crippen molar-refractivity contribution in [2.24, 2.45) is 57.3 Å². The molecule has 0 aliphatic rings. The summed E-state index contributed by atoms with van der Waals surface area (Å²) in [5.41, 5.74) is 63.6. The second-order valence-electron chi connectivity index (χ2n) is 21.3. The van der Waals surface area contributed by atoms with Crippen LogP contribution in [0.25, 0.3) is 0 Å². The lowest BCUT2D eigenvalue weighted by molar-refractivity contribution is 0.0279. The summed E-state index contributed by atoms with van der Waals surface area (Å²) in [4.78, 5) is 0. The molecule has 40 heteroatoms. The highest BCUT2D eigenvalue weighted by molar-refractivity contribution is 6.89. The van der Waals surface area contributed by atoms with Gasteiger partial charge in [0.15, 0.2) is 0 Å². The van der Waals surface area contributed by atoms with E-state index >= 15 is 0 Å². The summed E-state index contributed by atoms with van der Waals surface area (Å²) in [5.74, 6) is 0. The molecule has 9 atom stereocenters. The van der Waals surface area contributed by atoms with Gasteiger partial charge in [-0.2, -0.15) is 0 Å². The Hall–Kier alpha value is 0.969. The molecule has 0 saturated heterocycles. The first-order valence-electron chi connectivity index (χ1n) is 34.6. The van der Waals surface area contributed by atoms with Crippen LogP contribution >= 0.6 is 0 Å². The first-order chi connectivity index (χ1) is 44.3. The maximum absolute atomic E-state index is 7.87. The van der Waals surface area contributed by atoms with E-state index in [-0.39, 0.29) is 134 Å². The van der Waals surface area contributed by atoms with Crippen LogP contribution in [0.2, 0.25) is 60.4 Å². The molecule has 0 saturated carbocycles. The van der Waals surface area contributed by atoms with Crippen molar-refractivity contribution in [1.82, 2.24) is 0 Å². The zero-order valence-corrected chi connectivity index (χ0v) is 69.2. The van der Waals surface area contributed by atoms with Crippen LogP contribution in [0.15, 0.2) is 0 Å². The van der Waals surface area contributed by atoms with Gasteiger partial charge < -0.3 is 143 Å². The fourth-order valence-electron chi connectivity index (χ4n) is 10.2. The minimum atomic E-state index is -4.44. The van der Waals surface area contributed by atoms with E-state index in [4.69, 9.17) is 143 Å². The molecule has 0 fully saturated rings. The standard InChI is InChI=1S/C52H136N10O20Si10/c1-12-63-83(43-23-33-53)74-85(66-15-4,45-25-35-55)76-87(68-17-6,47-27-37-57)78-89(70-19-8,49-29-39-59)80-91(72-21-10,51-31-41-61)82-92(73-22-11,52-32-42-62)81-90(71-20-9,50-30-40-60)79-88(69-18-7,48-28-38-58)77-86(67-16-5,46-26-36-56)75-84(64-13-2,65-14-3)44-24-34-54/h83H,12-62H2,1-11H3. The lowest BCUT2D eigenvalue weighted by Gasteiger charge is -2.48. The van der Waals surface area contributed by atoms with Crippen LogP contribution in [0.4, 0.5) is 0 Å². The van der Waals surface area contributed by atoms with Gasteiger partial charge >= 0.3 is 88.5 Å². The molecule has 0 rings (SSSR count). The van der Waals surface area contributed by atoms with Crippen molar-refractivity contribution in [3.05, 3.63) is 0 Å². The number of nitrogens with two attached hydrogens (primary N) is 10. The molecule has 0 aromatic heterocycles. The molecule has 554 valence electrons. The lowest BCUT2D eigenvalue weighted by atomic mass is 10.5. The maximum atomic E-state index is 7.87. The first kappa shape index (κ1) is 93.0. The smallest absolute Gasteiger partial charge is 0.397 e. The normalized spacial score (nSPS) is 18.1. The summed E-state index contributed by atoms with van der Waals surface area (Å²) in [6, 6.07) is 2.63. The molecule has 0 aromatic carbocycles. The first-order valence-corrected chi connectivity index (χ1v) is 53.8. The van der Waals surface area contributed by atoms with E-state index in [1.165, 1.54) is 0 Å². The van der Waals surface area contributed by atoms with Crippen molar-refractivity contribution in [2.45, 2.75) is 201 Å².